The van der Waals surface area contributed by atoms with Crippen LogP contribution in [0.1, 0.15) is 6.92 Å². The van der Waals surface area contributed by atoms with Crippen LogP contribution >= 0.6 is 23.5 Å². The molecule has 0 unspecified atom stereocenters. The third-order valence-electron chi connectivity index (χ3n) is 1.19. The van der Waals surface area contributed by atoms with Crippen LogP contribution in [0, 0.1) is 0 Å². The summed E-state index contributed by atoms with van der Waals surface area (Å²) in [5.74, 6) is 0.964. The lowest BCUT2D eigenvalue weighted by Crippen LogP contribution is -2.14. The lowest BCUT2D eigenvalue weighted by molar-refractivity contribution is -0.115. The summed E-state index contributed by atoms with van der Waals surface area (Å²) >= 11 is 3.04. The Hall–Kier alpha value is -0.420. The number of hydrogen-bond donors (Lipinski definition) is 1. The highest BCUT2D eigenvalue weighted by molar-refractivity contribution is 8.39. The first-order chi connectivity index (χ1) is 5.68. The molecule has 12 heavy (non-hydrogen) atoms. The standard InChI is InChI=1S/C7H10N2OS2/c1-5-2-3-11-7(9-5)12-4-6(8)10/h2H,3-4H2,1H3,(H2,8,10). The number of primary amides is 1. The first kappa shape index (κ1) is 9.67. The van der Waals surface area contributed by atoms with E-state index in [1.54, 1.807) is 11.8 Å². The molecule has 0 saturated carbocycles. The SMILES string of the molecule is CC1=CCSC(SCC(N)=O)=N1. The van der Waals surface area contributed by atoms with Crippen LogP contribution in [0.2, 0.25) is 0 Å². The first-order valence-electron chi connectivity index (χ1n) is 3.48. The van der Waals surface area contributed by atoms with E-state index in [0.717, 1.165) is 15.8 Å². The Bertz CT molecular complexity index is 248. The molecule has 66 valence electrons. The van der Waals surface area contributed by atoms with Crippen molar-refractivity contribution >= 4 is 33.8 Å². The second-order valence-electron chi connectivity index (χ2n) is 2.29. The summed E-state index contributed by atoms with van der Waals surface area (Å²) in [4.78, 5) is 14.7. The molecule has 1 aliphatic rings. The second-order valence-corrected chi connectivity index (χ2v) is 4.52. The molecule has 0 bridgehead atoms. The van der Waals surface area contributed by atoms with Gasteiger partial charge in [-0.25, -0.2) is 4.99 Å². The molecule has 0 saturated heterocycles. The smallest absolute Gasteiger partial charge is 0.227 e. The minimum absolute atomic E-state index is 0.296. The molecular formula is C7H10N2OS2. The Morgan fingerprint density at radius 3 is 3.25 bits per heavy atom. The maximum atomic E-state index is 10.4. The summed E-state index contributed by atoms with van der Waals surface area (Å²) in [6.45, 7) is 1.95. The summed E-state index contributed by atoms with van der Waals surface area (Å²) in [7, 11) is 0. The van der Waals surface area contributed by atoms with Gasteiger partial charge in [0.05, 0.1) is 5.75 Å². The molecule has 2 N–H and O–H groups in total. The number of hydrogen-bond acceptors (Lipinski definition) is 4. The topological polar surface area (TPSA) is 55.5 Å². The van der Waals surface area contributed by atoms with Crippen LogP contribution in [0.5, 0.6) is 0 Å². The zero-order valence-electron chi connectivity index (χ0n) is 6.74. The first-order valence-corrected chi connectivity index (χ1v) is 5.45. The monoisotopic (exact) mass is 202 g/mol. The summed E-state index contributed by atoms with van der Waals surface area (Å²) in [5.41, 5.74) is 6.02. The molecule has 1 rings (SSSR count). The van der Waals surface area contributed by atoms with Crippen LogP contribution < -0.4 is 5.73 Å². The van der Waals surface area contributed by atoms with Crippen molar-refractivity contribution < 1.29 is 4.79 Å². The number of nitrogens with zero attached hydrogens (tertiary/aromatic N) is 1. The van der Waals surface area contributed by atoms with Crippen molar-refractivity contribution in [2.24, 2.45) is 10.7 Å². The third kappa shape index (κ3) is 3.32. The number of rotatable bonds is 2. The van der Waals surface area contributed by atoms with Crippen molar-refractivity contribution in [3.63, 3.8) is 0 Å². The van der Waals surface area contributed by atoms with Gasteiger partial charge in [-0.05, 0) is 6.92 Å². The van der Waals surface area contributed by atoms with E-state index in [4.69, 9.17) is 5.73 Å². The lowest BCUT2D eigenvalue weighted by atomic mass is 10.5. The fourth-order valence-electron chi connectivity index (χ4n) is 0.662. The van der Waals surface area contributed by atoms with Gasteiger partial charge in [0.1, 0.15) is 4.38 Å². The molecule has 0 radical (unpaired) electrons. The van der Waals surface area contributed by atoms with Gasteiger partial charge in [0.25, 0.3) is 0 Å². The molecule has 1 aliphatic heterocycles. The largest absolute Gasteiger partial charge is 0.369 e. The molecular weight excluding hydrogens is 192 g/mol. The summed E-state index contributed by atoms with van der Waals surface area (Å²) in [6, 6.07) is 0. The van der Waals surface area contributed by atoms with Crippen LogP contribution in [-0.4, -0.2) is 21.8 Å². The Balaban J connectivity index is 2.42. The number of allylic oxidation sites excluding steroid dienone is 1. The highest BCUT2D eigenvalue weighted by atomic mass is 32.2. The summed E-state index contributed by atoms with van der Waals surface area (Å²) < 4.78 is 0.939. The van der Waals surface area contributed by atoms with Crippen LogP contribution in [0.3, 0.4) is 0 Å². The minimum atomic E-state index is -0.296. The molecule has 0 aromatic carbocycles. The number of amides is 1. The summed E-state index contributed by atoms with van der Waals surface area (Å²) in [6.07, 6.45) is 2.05. The molecule has 3 nitrogen and oxygen atoms in total. The van der Waals surface area contributed by atoms with Gasteiger partial charge in [-0.1, -0.05) is 29.6 Å². The van der Waals surface area contributed by atoms with Crippen molar-refractivity contribution in [1.29, 1.82) is 0 Å². The van der Waals surface area contributed by atoms with E-state index < -0.39 is 0 Å². The Kier molecular flexibility index (Phi) is 3.68. The highest BCUT2D eigenvalue weighted by Crippen LogP contribution is 2.22. The van der Waals surface area contributed by atoms with E-state index >= 15 is 0 Å². The molecule has 0 spiro atoms. The van der Waals surface area contributed by atoms with Gasteiger partial charge in [-0.3, -0.25) is 4.79 Å². The maximum absolute atomic E-state index is 10.4. The molecule has 1 heterocycles. The van der Waals surface area contributed by atoms with Crippen molar-refractivity contribution in [3.8, 4) is 0 Å². The minimum Gasteiger partial charge on any atom is -0.369 e. The van der Waals surface area contributed by atoms with Gasteiger partial charge in [-0.2, -0.15) is 0 Å². The number of aliphatic imine (C=N–C) groups is 1. The van der Waals surface area contributed by atoms with Gasteiger partial charge in [0.2, 0.25) is 5.91 Å². The van der Waals surface area contributed by atoms with Crippen LogP contribution in [0.15, 0.2) is 16.8 Å². The Morgan fingerprint density at radius 2 is 2.67 bits per heavy atom. The number of carbonyl (C=O) groups is 1. The van der Waals surface area contributed by atoms with Gasteiger partial charge in [0.15, 0.2) is 0 Å². The number of thioether (sulfide) groups is 2. The van der Waals surface area contributed by atoms with E-state index in [0.29, 0.717) is 5.75 Å². The predicted molar refractivity (Wildman–Crippen MR) is 55.3 cm³/mol. The van der Waals surface area contributed by atoms with Crippen molar-refractivity contribution in [2.45, 2.75) is 6.92 Å². The molecule has 0 atom stereocenters. The van der Waals surface area contributed by atoms with E-state index in [9.17, 15) is 4.79 Å². The van der Waals surface area contributed by atoms with Gasteiger partial charge < -0.3 is 5.73 Å². The molecule has 1 amide bonds. The summed E-state index contributed by atoms with van der Waals surface area (Å²) in [5, 5.41) is 0. The zero-order chi connectivity index (χ0) is 8.97. The van der Waals surface area contributed by atoms with Crippen LogP contribution in [0.4, 0.5) is 0 Å². The van der Waals surface area contributed by atoms with E-state index in [1.165, 1.54) is 11.8 Å². The van der Waals surface area contributed by atoms with E-state index in [-0.39, 0.29) is 5.91 Å². The number of nitrogens with two attached hydrogens (primary N) is 1. The van der Waals surface area contributed by atoms with Crippen LogP contribution in [0.25, 0.3) is 0 Å². The highest BCUT2D eigenvalue weighted by Gasteiger charge is 2.06. The zero-order valence-corrected chi connectivity index (χ0v) is 8.37. The van der Waals surface area contributed by atoms with Gasteiger partial charge in [0, 0.05) is 11.4 Å². The van der Waals surface area contributed by atoms with Crippen molar-refractivity contribution in [1.82, 2.24) is 0 Å². The molecule has 0 aromatic heterocycles. The quantitative estimate of drug-likeness (QED) is 0.732. The molecule has 0 fully saturated rings. The average molecular weight is 202 g/mol. The average Bonchev–Trinajstić information content (AvgIpc) is 2.01. The lowest BCUT2D eigenvalue weighted by Gasteiger charge is -2.07. The fourth-order valence-corrected chi connectivity index (χ4v) is 2.53. The van der Waals surface area contributed by atoms with Gasteiger partial charge >= 0.3 is 0 Å². The predicted octanol–water partition coefficient (Wildman–Crippen LogP) is 1.21. The molecule has 0 aromatic rings. The van der Waals surface area contributed by atoms with E-state index in [2.05, 4.69) is 11.1 Å². The van der Waals surface area contributed by atoms with Gasteiger partial charge in [-0.15, -0.1) is 0 Å². The van der Waals surface area contributed by atoms with Crippen molar-refractivity contribution in [2.75, 3.05) is 11.5 Å². The third-order valence-corrected chi connectivity index (χ3v) is 3.34. The normalized spacial score (nSPS) is 16.8. The molecule has 5 heteroatoms. The second kappa shape index (κ2) is 4.57. The molecule has 0 aliphatic carbocycles. The van der Waals surface area contributed by atoms with E-state index in [1.807, 2.05) is 6.92 Å². The maximum Gasteiger partial charge on any atom is 0.227 e. The van der Waals surface area contributed by atoms with Crippen LogP contribution in [-0.2, 0) is 4.79 Å². The number of carbonyl (C=O) groups excluding carboxylic acids is 1. The fraction of sp³-hybridized carbons (Fsp3) is 0.429. The Labute approximate surface area is 79.9 Å². The Morgan fingerprint density at radius 1 is 1.92 bits per heavy atom. The van der Waals surface area contributed by atoms with Crippen molar-refractivity contribution in [3.05, 3.63) is 11.8 Å².